The van der Waals surface area contributed by atoms with Crippen molar-refractivity contribution in [3.05, 3.63) is 0 Å². The number of carbonyl (C=O) groups is 2. The van der Waals surface area contributed by atoms with Gasteiger partial charge in [-0.3, -0.25) is 10.1 Å². The van der Waals surface area contributed by atoms with E-state index in [1.165, 1.54) is 37.9 Å². The van der Waals surface area contributed by atoms with Gasteiger partial charge in [-0.2, -0.15) is 11.8 Å². The van der Waals surface area contributed by atoms with Crippen LogP contribution in [0, 0.1) is 5.92 Å². The maximum absolute atomic E-state index is 11.1. The molecule has 0 aromatic carbocycles. The molecule has 0 unspecified atom stereocenters. The highest BCUT2D eigenvalue weighted by Crippen LogP contribution is 2.26. The van der Waals surface area contributed by atoms with Crippen LogP contribution in [0.2, 0.25) is 0 Å². The number of rotatable bonds is 6. The number of hydrogen-bond donors (Lipinski definition) is 2. The van der Waals surface area contributed by atoms with E-state index in [0.29, 0.717) is 6.42 Å². The van der Waals surface area contributed by atoms with Gasteiger partial charge in [0.05, 0.1) is 0 Å². The largest absolute Gasteiger partial charge is 0.351 e. The van der Waals surface area contributed by atoms with E-state index in [0.717, 1.165) is 18.1 Å². The summed E-state index contributed by atoms with van der Waals surface area (Å²) < 4.78 is 0. The van der Waals surface area contributed by atoms with Gasteiger partial charge in [0.1, 0.15) is 0 Å². The molecule has 1 aliphatic rings. The number of hydrogen-bond acceptors (Lipinski definition) is 3. The molecule has 5 heteroatoms. The number of imide groups is 1. The summed E-state index contributed by atoms with van der Waals surface area (Å²) >= 11 is 1.92. The maximum Gasteiger partial charge on any atom is 0.318 e. The molecule has 0 atom stereocenters. The maximum atomic E-state index is 11.1. The van der Waals surface area contributed by atoms with Gasteiger partial charge < -0.3 is 5.73 Å². The van der Waals surface area contributed by atoms with Gasteiger partial charge in [-0.1, -0.05) is 19.3 Å². The van der Waals surface area contributed by atoms with Crippen molar-refractivity contribution in [1.29, 1.82) is 0 Å². The number of nitrogens with two attached hydrogens (primary N) is 1. The predicted octanol–water partition coefficient (Wildman–Crippen LogP) is 2.28. The number of primary amides is 1. The van der Waals surface area contributed by atoms with Crippen molar-refractivity contribution in [1.82, 2.24) is 5.32 Å². The fraction of sp³-hybridized carbons (Fsp3) is 0.833. The molecule has 17 heavy (non-hydrogen) atoms. The summed E-state index contributed by atoms with van der Waals surface area (Å²) in [5, 5.41) is 2.07. The second-order valence-corrected chi connectivity index (χ2v) is 5.74. The summed E-state index contributed by atoms with van der Waals surface area (Å²) in [5.74, 6) is 2.82. The van der Waals surface area contributed by atoms with Crippen LogP contribution < -0.4 is 11.1 Å². The first kappa shape index (κ1) is 14.4. The first-order valence-electron chi connectivity index (χ1n) is 6.35. The first-order valence-corrected chi connectivity index (χ1v) is 7.51. The second-order valence-electron chi connectivity index (χ2n) is 4.59. The standard InChI is InChI=1S/C12H22N2O2S/c13-12(16)14-11(15)7-4-8-17-9-10-5-2-1-3-6-10/h10H,1-9H2,(H3,13,14,15,16). The SMILES string of the molecule is NC(=O)NC(=O)CCCSCC1CCCCC1. The third-order valence-electron chi connectivity index (χ3n) is 3.03. The van der Waals surface area contributed by atoms with Crippen LogP contribution in [0.5, 0.6) is 0 Å². The van der Waals surface area contributed by atoms with Gasteiger partial charge in [-0.25, -0.2) is 4.79 Å². The molecule has 0 spiro atoms. The van der Waals surface area contributed by atoms with Gasteiger partial charge in [0.15, 0.2) is 0 Å². The highest BCUT2D eigenvalue weighted by molar-refractivity contribution is 7.99. The van der Waals surface area contributed by atoms with Crippen molar-refractivity contribution in [3.8, 4) is 0 Å². The van der Waals surface area contributed by atoms with E-state index in [1.54, 1.807) is 0 Å². The molecule has 3 N–H and O–H groups in total. The minimum absolute atomic E-state index is 0.268. The quantitative estimate of drug-likeness (QED) is 0.718. The van der Waals surface area contributed by atoms with Crippen LogP contribution in [-0.4, -0.2) is 23.4 Å². The molecule has 0 aromatic heterocycles. The van der Waals surface area contributed by atoms with Gasteiger partial charge in [-0.05, 0) is 36.7 Å². The van der Waals surface area contributed by atoms with Crippen molar-refractivity contribution < 1.29 is 9.59 Å². The molecular weight excluding hydrogens is 236 g/mol. The lowest BCUT2D eigenvalue weighted by Gasteiger charge is -2.20. The lowest BCUT2D eigenvalue weighted by molar-refractivity contribution is -0.119. The van der Waals surface area contributed by atoms with Gasteiger partial charge in [-0.15, -0.1) is 0 Å². The second kappa shape index (κ2) is 8.39. The van der Waals surface area contributed by atoms with Crippen LogP contribution in [-0.2, 0) is 4.79 Å². The van der Waals surface area contributed by atoms with E-state index >= 15 is 0 Å². The Morgan fingerprint density at radius 1 is 1.24 bits per heavy atom. The van der Waals surface area contributed by atoms with Crippen LogP contribution in [0.4, 0.5) is 4.79 Å². The Labute approximate surface area is 107 Å². The van der Waals surface area contributed by atoms with Crippen LogP contribution in [0.25, 0.3) is 0 Å². The Morgan fingerprint density at radius 2 is 1.94 bits per heavy atom. The van der Waals surface area contributed by atoms with Crippen LogP contribution in [0.1, 0.15) is 44.9 Å². The molecule has 0 aliphatic heterocycles. The number of urea groups is 1. The Morgan fingerprint density at radius 3 is 2.59 bits per heavy atom. The number of thioether (sulfide) groups is 1. The summed E-state index contributed by atoms with van der Waals surface area (Å²) in [5.41, 5.74) is 4.85. The van der Waals surface area contributed by atoms with Crippen molar-refractivity contribution in [3.63, 3.8) is 0 Å². The molecule has 1 aliphatic carbocycles. The molecular formula is C12H22N2O2S. The highest BCUT2D eigenvalue weighted by atomic mass is 32.2. The topological polar surface area (TPSA) is 72.2 Å². The normalized spacial score (nSPS) is 16.7. The molecule has 0 aromatic rings. The van der Waals surface area contributed by atoms with Gasteiger partial charge in [0.25, 0.3) is 0 Å². The van der Waals surface area contributed by atoms with Crippen LogP contribution >= 0.6 is 11.8 Å². The average Bonchev–Trinajstić information content (AvgIpc) is 2.29. The summed E-state index contributed by atoms with van der Waals surface area (Å²) in [4.78, 5) is 21.5. The predicted molar refractivity (Wildman–Crippen MR) is 70.9 cm³/mol. The zero-order valence-electron chi connectivity index (χ0n) is 10.2. The fourth-order valence-corrected chi connectivity index (χ4v) is 3.32. The van der Waals surface area contributed by atoms with E-state index in [4.69, 9.17) is 5.73 Å². The molecule has 1 saturated carbocycles. The van der Waals surface area contributed by atoms with Crippen LogP contribution in [0.3, 0.4) is 0 Å². The minimum Gasteiger partial charge on any atom is -0.351 e. The third-order valence-corrected chi connectivity index (χ3v) is 4.32. The number of nitrogens with one attached hydrogen (secondary N) is 1. The number of amides is 3. The van der Waals surface area contributed by atoms with E-state index in [1.807, 2.05) is 11.8 Å². The molecule has 0 heterocycles. The summed E-state index contributed by atoms with van der Waals surface area (Å²) in [6.45, 7) is 0. The molecule has 0 radical (unpaired) electrons. The Bertz CT molecular complexity index is 253. The Balaban J connectivity index is 1.93. The molecule has 0 bridgehead atoms. The summed E-state index contributed by atoms with van der Waals surface area (Å²) in [6.07, 6.45) is 8.11. The Hall–Kier alpha value is -0.710. The zero-order valence-corrected chi connectivity index (χ0v) is 11.1. The Kier molecular flexibility index (Phi) is 7.08. The molecule has 0 saturated heterocycles. The molecule has 4 nitrogen and oxygen atoms in total. The average molecular weight is 258 g/mol. The molecule has 1 rings (SSSR count). The van der Waals surface area contributed by atoms with Gasteiger partial charge in [0.2, 0.25) is 5.91 Å². The van der Waals surface area contributed by atoms with Gasteiger partial charge in [0, 0.05) is 6.42 Å². The first-order chi connectivity index (χ1) is 8.18. The smallest absolute Gasteiger partial charge is 0.318 e. The van der Waals surface area contributed by atoms with E-state index in [-0.39, 0.29) is 5.91 Å². The number of carbonyl (C=O) groups excluding carboxylic acids is 2. The molecule has 98 valence electrons. The highest BCUT2D eigenvalue weighted by Gasteiger charge is 2.12. The van der Waals surface area contributed by atoms with Crippen molar-refractivity contribution in [2.45, 2.75) is 44.9 Å². The van der Waals surface area contributed by atoms with E-state index < -0.39 is 6.03 Å². The third kappa shape index (κ3) is 7.26. The molecule has 1 fully saturated rings. The van der Waals surface area contributed by atoms with Crippen molar-refractivity contribution in [2.24, 2.45) is 11.7 Å². The van der Waals surface area contributed by atoms with E-state index in [9.17, 15) is 9.59 Å². The lowest BCUT2D eigenvalue weighted by atomic mass is 9.91. The lowest BCUT2D eigenvalue weighted by Crippen LogP contribution is -2.34. The van der Waals surface area contributed by atoms with E-state index in [2.05, 4.69) is 5.32 Å². The van der Waals surface area contributed by atoms with Gasteiger partial charge >= 0.3 is 6.03 Å². The monoisotopic (exact) mass is 258 g/mol. The zero-order chi connectivity index (χ0) is 12.5. The minimum atomic E-state index is -0.759. The van der Waals surface area contributed by atoms with Crippen molar-refractivity contribution >= 4 is 23.7 Å². The van der Waals surface area contributed by atoms with Crippen molar-refractivity contribution in [2.75, 3.05) is 11.5 Å². The fourth-order valence-electron chi connectivity index (χ4n) is 2.14. The van der Waals surface area contributed by atoms with Crippen LogP contribution in [0.15, 0.2) is 0 Å². The summed E-state index contributed by atoms with van der Waals surface area (Å²) in [7, 11) is 0. The molecule has 3 amide bonds. The summed E-state index contributed by atoms with van der Waals surface area (Å²) in [6, 6.07) is -0.759.